The fraction of sp³-hybridized carbons (Fsp3) is 1.00. The third-order valence-corrected chi connectivity index (χ3v) is 1.05. The SMILES string of the molecule is CCCC[B]C(C)F. The third-order valence-electron chi connectivity index (χ3n) is 1.05. The highest BCUT2D eigenvalue weighted by molar-refractivity contribution is 6.36. The molecule has 0 saturated heterocycles. The molecule has 2 heteroatoms. The lowest BCUT2D eigenvalue weighted by Crippen LogP contribution is -2.03. The molecule has 0 heterocycles. The number of alkyl halides is 1. The van der Waals surface area contributed by atoms with Crippen molar-refractivity contribution in [1.29, 1.82) is 0 Å². The summed E-state index contributed by atoms with van der Waals surface area (Å²) in [6.45, 7) is 3.67. The zero-order chi connectivity index (χ0) is 6.41. The molecule has 1 radical (unpaired) electrons. The van der Waals surface area contributed by atoms with Gasteiger partial charge in [0.2, 0.25) is 0 Å². The van der Waals surface area contributed by atoms with Gasteiger partial charge in [-0.15, -0.1) is 0 Å². The maximum atomic E-state index is 12.0. The van der Waals surface area contributed by atoms with Crippen molar-refractivity contribution in [2.75, 3.05) is 0 Å². The monoisotopic (exact) mass is 115 g/mol. The van der Waals surface area contributed by atoms with E-state index in [4.69, 9.17) is 0 Å². The van der Waals surface area contributed by atoms with Crippen LogP contribution in [0.4, 0.5) is 4.39 Å². The maximum Gasteiger partial charge on any atom is 0.156 e. The minimum atomic E-state index is -0.721. The van der Waals surface area contributed by atoms with Gasteiger partial charge in [0.25, 0.3) is 0 Å². The van der Waals surface area contributed by atoms with Gasteiger partial charge in [0.15, 0.2) is 7.28 Å². The summed E-state index contributed by atoms with van der Waals surface area (Å²) in [7, 11) is 1.71. The van der Waals surface area contributed by atoms with Crippen molar-refractivity contribution in [3.05, 3.63) is 0 Å². The van der Waals surface area contributed by atoms with Gasteiger partial charge in [-0.2, -0.15) is 0 Å². The van der Waals surface area contributed by atoms with Gasteiger partial charge in [-0.1, -0.05) is 26.1 Å². The quantitative estimate of drug-likeness (QED) is 0.389. The summed E-state index contributed by atoms with van der Waals surface area (Å²) in [5.74, 6) is 0. The number of halogens is 1. The molecule has 8 heavy (non-hydrogen) atoms. The van der Waals surface area contributed by atoms with Crippen LogP contribution in [-0.2, 0) is 0 Å². The molecule has 0 aliphatic heterocycles. The van der Waals surface area contributed by atoms with Crippen LogP contribution in [0, 0.1) is 0 Å². The summed E-state index contributed by atoms with van der Waals surface area (Å²) in [4.78, 5) is 0. The Balaban J connectivity index is 2.72. The lowest BCUT2D eigenvalue weighted by Gasteiger charge is -1.95. The van der Waals surface area contributed by atoms with Gasteiger partial charge >= 0.3 is 0 Å². The van der Waals surface area contributed by atoms with Gasteiger partial charge in [-0.3, -0.25) is 4.39 Å². The van der Waals surface area contributed by atoms with E-state index in [2.05, 4.69) is 6.92 Å². The van der Waals surface area contributed by atoms with Gasteiger partial charge in [0.1, 0.15) is 0 Å². The Morgan fingerprint density at radius 3 is 2.62 bits per heavy atom. The highest BCUT2D eigenvalue weighted by Gasteiger charge is 1.97. The fourth-order valence-corrected chi connectivity index (χ4v) is 0.552. The molecule has 0 aromatic carbocycles. The summed E-state index contributed by atoms with van der Waals surface area (Å²) < 4.78 is 12.0. The Labute approximate surface area is 51.7 Å². The molecule has 0 fully saturated rings. The van der Waals surface area contributed by atoms with Crippen molar-refractivity contribution in [2.24, 2.45) is 0 Å². The molecule has 0 rings (SSSR count). The largest absolute Gasteiger partial charge is 0.258 e. The van der Waals surface area contributed by atoms with E-state index in [1.165, 1.54) is 0 Å². The molecular weight excluding hydrogens is 102 g/mol. The van der Waals surface area contributed by atoms with Gasteiger partial charge in [-0.05, 0) is 6.92 Å². The molecule has 0 nitrogen and oxygen atoms in total. The molecule has 0 bridgehead atoms. The van der Waals surface area contributed by atoms with E-state index in [1.54, 1.807) is 14.2 Å². The zero-order valence-corrected chi connectivity index (χ0v) is 5.65. The average Bonchev–Trinajstić information content (AvgIpc) is 1.66. The molecule has 0 N–H and O–H groups in total. The molecule has 0 spiro atoms. The van der Waals surface area contributed by atoms with Crippen molar-refractivity contribution >= 4 is 7.28 Å². The van der Waals surface area contributed by atoms with Gasteiger partial charge in [-0.25, -0.2) is 0 Å². The topological polar surface area (TPSA) is 0 Å². The van der Waals surface area contributed by atoms with E-state index < -0.39 is 6.07 Å². The number of rotatable bonds is 4. The Hall–Kier alpha value is -0.00506. The van der Waals surface area contributed by atoms with Crippen molar-refractivity contribution in [3.8, 4) is 0 Å². The van der Waals surface area contributed by atoms with E-state index in [-0.39, 0.29) is 0 Å². The number of hydrogen-bond donors (Lipinski definition) is 0. The van der Waals surface area contributed by atoms with Crippen LogP contribution in [0.3, 0.4) is 0 Å². The molecule has 47 valence electrons. The van der Waals surface area contributed by atoms with E-state index in [1.807, 2.05) is 0 Å². The predicted molar refractivity (Wildman–Crippen MR) is 36.0 cm³/mol. The highest BCUT2D eigenvalue weighted by Crippen LogP contribution is 1.96. The molecule has 0 saturated carbocycles. The fourth-order valence-electron chi connectivity index (χ4n) is 0.552. The molecule has 0 aliphatic rings. The van der Waals surface area contributed by atoms with E-state index in [0.29, 0.717) is 0 Å². The number of hydrogen-bond acceptors (Lipinski definition) is 0. The van der Waals surface area contributed by atoms with Crippen LogP contribution in [0.1, 0.15) is 26.7 Å². The van der Waals surface area contributed by atoms with Crippen molar-refractivity contribution in [1.82, 2.24) is 0 Å². The Bertz CT molecular complexity index is 45.8. The van der Waals surface area contributed by atoms with Crippen LogP contribution in [-0.4, -0.2) is 13.4 Å². The zero-order valence-electron chi connectivity index (χ0n) is 5.65. The van der Waals surface area contributed by atoms with Crippen molar-refractivity contribution < 1.29 is 4.39 Å². The summed E-state index contributed by atoms with van der Waals surface area (Å²) in [5, 5.41) is 0. The van der Waals surface area contributed by atoms with Crippen LogP contribution >= 0.6 is 0 Å². The first-order chi connectivity index (χ1) is 3.77. The molecule has 0 amide bonds. The molecule has 0 aromatic rings. The van der Waals surface area contributed by atoms with Crippen LogP contribution in [0.5, 0.6) is 0 Å². The first-order valence-corrected chi connectivity index (χ1v) is 3.24. The summed E-state index contributed by atoms with van der Waals surface area (Å²) in [6.07, 6.45) is 2.48. The summed E-state index contributed by atoms with van der Waals surface area (Å²) >= 11 is 0. The molecular formula is C6H13BF. The lowest BCUT2D eigenvalue weighted by molar-refractivity contribution is 0.467. The van der Waals surface area contributed by atoms with Gasteiger partial charge < -0.3 is 0 Å². The second-order valence-corrected chi connectivity index (χ2v) is 2.06. The predicted octanol–water partition coefficient (Wildman–Crippen LogP) is 2.22. The van der Waals surface area contributed by atoms with Gasteiger partial charge in [0.05, 0.1) is 6.07 Å². The van der Waals surface area contributed by atoms with Crippen LogP contribution < -0.4 is 0 Å². The highest BCUT2D eigenvalue weighted by atomic mass is 19.1. The standard InChI is InChI=1S/C6H13BF/c1-3-4-5-7-6(2)8/h6H,3-5H2,1-2H3. The normalized spacial score (nSPS) is 13.4. The Morgan fingerprint density at radius 2 is 2.25 bits per heavy atom. The molecule has 1 atom stereocenters. The second-order valence-electron chi connectivity index (χ2n) is 2.06. The molecule has 0 aromatic heterocycles. The Morgan fingerprint density at radius 1 is 1.62 bits per heavy atom. The lowest BCUT2D eigenvalue weighted by atomic mass is 9.69. The molecule has 1 unspecified atom stereocenters. The summed E-state index contributed by atoms with van der Waals surface area (Å²) in [5.41, 5.74) is 0. The second kappa shape index (κ2) is 5.14. The number of unbranched alkanes of at least 4 members (excludes halogenated alkanes) is 1. The maximum absolute atomic E-state index is 12.0. The third kappa shape index (κ3) is 5.99. The minimum absolute atomic E-state index is 0.721. The van der Waals surface area contributed by atoms with Crippen LogP contribution in [0.25, 0.3) is 0 Å². The first kappa shape index (κ1) is 7.99. The van der Waals surface area contributed by atoms with Crippen molar-refractivity contribution in [3.63, 3.8) is 0 Å². The van der Waals surface area contributed by atoms with Crippen LogP contribution in [0.2, 0.25) is 6.32 Å². The Kier molecular flexibility index (Phi) is 5.13. The van der Waals surface area contributed by atoms with Gasteiger partial charge in [0, 0.05) is 0 Å². The first-order valence-electron chi connectivity index (χ1n) is 3.24. The van der Waals surface area contributed by atoms with Crippen LogP contribution in [0.15, 0.2) is 0 Å². The molecule has 0 aliphatic carbocycles. The minimum Gasteiger partial charge on any atom is -0.258 e. The van der Waals surface area contributed by atoms with E-state index in [0.717, 1.165) is 19.2 Å². The van der Waals surface area contributed by atoms with E-state index in [9.17, 15) is 4.39 Å². The smallest absolute Gasteiger partial charge is 0.156 e. The van der Waals surface area contributed by atoms with E-state index >= 15 is 0 Å². The average molecular weight is 115 g/mol. The van der Waals surface area contributed by atoms with Crippen molar-refractivity contribution in [2.45, 2.75) is 39.1 Å². The summed E-state index contributed by atoms with van der Waals surface area (Å²) in [6, 6.07) is 0.